The van der Waals surface area contributed by atoms with E-state index < -0.39 is 0 Å². The number of anilines is 3. The normalized spacial score (nSPS) is 11.7. The molecule has 0 saturated carbocycles. The van der Waals surface area contributed by atoms with Gasteiger partial charge in [-0.2, -0.15) is 0 Å². The average molecular weight is 569 g/mol. The van der Waals surface area contributed by atoms with Crippen LogP contribution >= 0.6 is 11.3 Å². The maximum absolute atomic E-state index is 6.52. The molecule has 3 heterocycles. The lowest BCUT2D eigenvalue weighted by molar-refractivity contribution is 0.669. The van der Waals surface area contributed by atoms with Crippen molar-refractivity contribution in [2.75, 3.05) is 4.90 Å². The van der Waals surface area contributed by atoms with Crippen molar-refractivity contribution >= 4 is 81.4 Å². The van der Waals surface area contributed by atoms with Crippen LogP contribution < -0.4 is 4.90 Å². The lowest BCUT2D eigenvalue weighted by atomic mass is 10.0. The third kappa shape index (κ3) is 3.92. The maximum atomic E-state index is 6.52. The average Bonchev–Trinajstić information content (AvgIpc) is 3.62. The first-order valence-electron chi connectivity index (χ1n) is 14.4. The van der Waals surface area contributed by atoms with Crippen molar-refractivity contribution in [1.29, 1.82) is 0 Å². The van der Waals surface area contributed by atoms with Gasteiger partial charge in [-0.3, -0.25) is 4.98 Å². The number of furan rings is 1. The number of fused-ring (bicyclic) bond motifs is 7. The van der Waals surface area contributed by atoms with Crippen molar-refractivity contribution in [3.63, 3.8) is 0 Å². The number of nitrogens with zero attached hydrogens (tertiary/aromatic N) is 2. The van der Waals surface area contributed by atoms with Crippen LogP contribution in [-0.4, -0.2) is 4.98 Å². The van der Waals surface area contributed by atoms with Crippen LogP contribution in [0.1, 0.15) is 0 Å². The predicted molar refractivity (Wildman–Crippen MR) is 182 cm³/mol. The van der Waals surface area contributed by atoms with E-state index in [9.17, 15) is 0 Å². The van der Waals surface area contributed by atoms with Crippen LogP contribution in [-0.2, 0) is 0 Å². The third-order valence-corrected chi connectivity index (χ3v) is 9.37. The summed E-state index contributed by atoms with van der Waals surface area (Å²) in [6.45, 7) is 0. The zero-order valence-corrected chi connectivity index (χ0v) is 23.9. The van der Waals surface area contributed by atoms with Gasteiger partial charge in [0.2, 0.25) is 0 Å². The Bertz CT molecular complexity index is 2460. The fraction of sp³-hybridized carbons (Fsp3) is 0. The lowest BCUT2D eigenvalue weighted by Crippen LogP contribution is -2.10. The van der Waals surface area contributed by atoms with Crippen molar-refractivity contribution in [2.24, 2.45) is 0 Å². The minimum Gasteiger partial charge on any atom is -0.454 e. The molecular formula is C39H24N2OS. The molecule has 0 N–H and O–H groups in total. The molecule has 0 fully saturated rings. The van der Waals surface area contributed by atoms with E-state index in [4.69, 9.17) is 9.40 Å². The van der Waals surface area contributed by atoms with Gasteiger partial charge in [0.15, 0.2) is 5.58 Å². The van der Waals surface area contributed by atoms with Gasteiger partial charge in [0, 0.05) is 26.5 Å². The van der Waals surface area contributed by atoms with Crippen LogP contribution in [0.25, 0.3) is 64.1 Å². The van der Waals surface area contributed by atoms with Crippen LogP contribution in [0.3, 0.4) is 0 Å². The first-order chi connectivity index (χ1) is 21.3. The van der Waals surface area contributed by atoms with Crippen molar-refractivity contribution in [3.05, 3.63) is 146 Å². The summed E-state index contributed by atoms with van der Waals surface area (Å²) in [5, 5.41) is 5.89. The molecule has 6 aromatic carbocycles. The fourth-order valence-corrected chi connectivity index (χ4v) is 7.34. The highest BCUT2D eigenvalue weighted by Gasteiger charge is 2.21. The number of para-hydroxylation sites is 2. The van der Waals surface area contributed by atoms with Crippen molar-refractivity contribution in [3.8, 4) is 11.1 Å². The Labute approximate surface area is 251 Å². The van der Waals surface area contributed by atoms with Gasteiger partial charge in [-0.25, -0.2) is 0 Å². The number of hydrogen-bond acceptors (Lipinski definition) is 4. The second-order valence-electron chi connectivity index (χ2n) is 10.8. The summed E-state index contributed by atoms with van der Waals surface area (Å²) < 4.78 is 8.93. The molecule has 43 heavy (non-hydrogen) atoms. The molecule has 4 heteroatoms. The molecule has 202 valence electrons. The Morgan fingerprint density at radius 2 is 1.26 bits per heavy atom. The number of benzene rings is 6. The van der Waals surface area contributed by atoms with Gasteiger partial charge < -0.3 is 9.32 Å². The molecule has 0 spiro atoms. The smallest absolute Gasteiger partial charge is 0.159 e. The zero-order chi connectivity index (χ0) is 28.3. The third-order valence-electron chi connectivity index (χ3n) is 8.28. The van der Waals surface area contributed by atoms with E-state index in [0.717, 1.165) is 49.2 Å². The van der Waals surface area contributed by atoms with Crippen molar-refractivity contribution in [2.45, 2.75) is 0 Å². The molecule has 0 unspecified atom stereocenters. The van der Waals surface area contributed by atoms with Crippen molar-refractivity contribution in [1.82, 2.24) is 4.98 Å². The van der Waals surface area contributed by atoms with Gasteiger partial charge >= 0.3 is 0 Å². The van der Waals surface area contributed by atoms with Gasteiger partial charge in [0.05, 0.1) is 27.8 Å². The highest BCUT2D eigenvalue weighted by Crippen LogP contribution is 2.44. The Balaban J connectivity index is 1.26. The van der Waals surface area contributed by atoms with Gasteiger partial charge in [-0.05, 0) is 64.4 Å². The SMILES string of the molecule is c1ccc(-c2ccc(N(c3cnc4c(c3)sc3cc5ccccc5cc34)c3cccc4c3oc3ccccc34)cc2)cc1. The molecule has 0 bridgehead atoms. The Kier molecular flexibility index (Phi) is 5.37. The van der Waals surface area contributed by atoms with E-state index in [1.807, 2.05) is 24.4 Å². The molecule has 0 aliphatic heterocycles. The Morgan fingerprint density at radius 1 is 0.535 bits per heavy atom. The van der Waals surface area contributed by atoms with E-state index in [-0.39, 0.29) is 0 Å². The van der Waals surface area contributed by atoms with E-state index >= 15 is 0 Å². The number of hydrogen-bond donors (Lipinski definition) is 0. The summed E-state index contributed by atoms with van der Waals surface area (Å²) in [6, 6.07) is 49.2. The summed E-state index contributed by atoms with van der Waals surface area (Å²) in [4.78, 5) is 7.34. The molecule has 3 nitrogen and oxygen atoms in total. The van der Waals surface area contributed by atoms with Gasteiger partial charge in [-0.1, -0.05) is 97.1 Å². The van der Waals surface area contributed by atoms with Crippen LogP contribution in [0.4, 0.5) is 17.1 Å². The first kappa shape index (κ1) is 24.2. The zero-order valence-electron chi connectivity index (χ0n) is 23.1. The molecule has 3 aromatic heterocycles. The molecule has 0 aliphatic carbocycles. The van der Waals surface area contributed by atoms with Crippen LogP contribution in [0.2, 0.25) is 0 Å². The maximum Gasteiger partial charge on any atom is 0.159 e. The number of pyridine rings is 1. The van der Waals surface area contributed by atoms with E-state index in [0.29, 0.717) is 0 Å². The number of thiophene rings is 1. The number of aromatic nitrogens is 1. The highest BCUT2D eigenvalue weighted by molar-refractivity contribution is 7.25. The monoisotopic (exact) mass is 568 g/mol. The summed E-state index contributed by atoms with van der Waals surface area (Å²) in [5.41, 5.74) is 8.17. The van der Waals surface area contributed by atoms with E-state index in [1.165, 1.54) is 32.0 Å². The minimum absolute atomic E-state index is 0.860. The van der Waals surface area contributed by atoms with Crippen molar-refractivity contribution < 1.29 is 4.42 Å². The quantitative estimate of drug-likeness (QED) is 0.211. The summed E-state index contributed by atoms with van der Waals surface area (Å²) in [7, 11) is 0. The molecule has 0 atom stereocenters. The Hall–Kier alpha value is -5.45. The number of rotatable bonds is 4. The molecule has 0 radical (unpaired) electrons. The topological polar surface area (TPSA) is 29.3 Å². The first-order valence-corrected chi connectivity index (χ1v) is 15.2. The minimum atomic E-state index is 0.860. The van der Waals surface area contributed by atoms with Gasteiger partial charge in [-0.15, -0.1) is 11.3 Å². The molecule has 0 aliphatic rings. The van der Waals surface area contributed by atoms with E-state index in [2.05, 4.69) is 126 Å². The van der Waals surface area contributed by atoms with Gasteiger partial charge in [0.25, 0.3) is 0 Å². The molecule has 0 amide bonds. The molecule has 9 rings (SSSR count). The predicted octanol–water partition coefficient (Wildman–Crippen LogP) is 11.6. The summed E-state index contributed by atoms with van der Waals surface area (Å²) >= 11 is 1.79. The molecule has 9 aromatic rings. The molecular weight excluding hydrogens is 545 g/mol. The second kappa shape index (κ2) is 9.55. The lowest BCUT2D eigenvalue weighted by Gasteiger charge is -2.25. The van der Waals surface area contributed by atoms with Crippen LogP contribution in [0, 0.1) is 0 Å². The van der Waals surface area contributed by atoms with E-state index in [1.54, 1.807) is 11.3 Å². The van der Waals surface area contributed by atoms with Crippen LogP contribution in [0.5, 0.6) is 0 Å². The largest absolute Gasteiger partial charge is 0.454 e. The Morgan fingerprint density at radius 3 is 2.12 bits per heavy atom. The highest BCUT2D eigenvalue weighted by atomic mass is 32.1. The summed E-state index contributed by atoms with van der Waals surface area (Å²) in [5.74, 6) is 0. The fourth-order valence-electron chi connectivity index (χ4n) is 6.21. The second-order valence-corrected chi connectivity index (χ2v) is 11.9. The standard InChI is InChI=1S/C39H24N2OS/c1-2-9-25(10-3-1)26-17-19-29(20-18-26)41(34-15-8-14-32-31-13-6-7-16-35(31)42-39(32)34)30-23-37-38(40-24-30)33-21-27-11-4-5-12-28(27)22-36(33)43-37/h1-24H. The van der Waals surface area contributed by atoms with Crippen LogP contribution in [0.15, 0.2) is 150 Å². The van der Waals surface area contributed by atoms with Gasteiger partial charge in [0.1, 0.15) is 5.58 Å². The summed E-state index contributed by atoms with van der Waals surface area (Å²) in [6.07, 6.45) is 2.00. The molecule has 0 saturated heterocycles.